The lowest BCUT2D eigenvalue weighted by Crippen LogP contribution is -2.08. The zero-order valence-electron chi connectivity index (χ0n) is 8.37. The largest absolute Gasteiger partial charge is 0.373 e. The van der Waals surface area contributed by atoms with Crippen LogP contribution in [0.25, 0.3) is 0 Å². The summed E-state index contributed by atoms with van der Waals surface area (Å²) >= 11 is 4.75. The second kappa shape index (κ2) is 6.93. The van der Waals surface area contributed by atoms with Crippen LogP contribution in [0.1, 0.15) is 22.5 Å². The van der Waals surface area contributed by atoms with Crippen LogP contribution in [0.3, 0.4) is 0 Å². The Morgan fingerprint density at radius 2 is 2.40 bits per heavy atom. The number of thiophene rings is 1. The predicted octanol–water partition coefficient (Wildman–Crippen LogP) is 3.68. The van der Waals surface area contributed by atoms with Gasteiger partial charge in [-0.3, -0.25) is 4.79 Å². The first-order chi connectivity index (χ1) is 7.24. The number of hydrogen-bond acceptors (Lipinski definition) is 3. The van der Waals surface area contributed by atoms with Crippen molar-refractivity contribution in [2.75, 3.05) is 13.2 Å². The number of Topliss-reactive ketones (excluding diaryl/α,β-unsaturated/α-hetero) is 1. The van der Waals surface area contributed by atoms with Crippen LogP contribution in [0, 0.1) is 0 Å². The summed E-state index contributed by atoms with van der Waals surface area (Å²) in [7, 11) is 0. The fourth-order valence-electron chi connectivity index (χ4n) is 1.03. The van der Waals surface area contributed by atoms with Crippen LogP contribution in [0.15, 0.2) is 28.6 Å². The average molecular weight is 289 g/mol. The van der Waals surface area contributed by atoms with Gasteiger partial charge in [-0.15, -0.1) is 17.9 Å². The third-order valence-corrected chi connectivity index (χ3v) is 3.44. The molecule has 1 aromatic rings. The van der Waals surface area contributed by atoms with Crippen molar-refractivity contribution in [2.45, 2.75) is 12.8 Å². The molecule has 0 aliphatic carbocycles. The Hall–Kier alpha value is -0.450. The van der Waals surface area contributed by atoms with Crippen LogP contribution in [0.5, 0.6) is 0 Å². The number of rotatable bonds is 7. The van der Waals surface area contributed by atoms with Crippen molar-refractivity contribution in [3.8, 4) is 0 Å². The van der Waals surface area contributed by atoms with E-state index >= 15 is 0 Å². The Bertz CT molecular complexity index is 333. The molecule has 0 aromatic carbocycles. The molecule has 0 bridgehead atoms. The first-order valence-corrected chi connectivity index (χ1v) is 6.32. The van der Waals surface area contributed by atoms with Gasteiger partial charge >= 0.3 is 0 Å². The van der Waals surface area contributed by atoms with Crippen molar-refractivity contribution in [1.82, 2.24) is 0 Å². The van der Waals surface area contributed by atoms with Gasteiger partial charge in [0.25, 0.3) is 0 Å². The third-order valence-electron chi connectivity index (χ3n) is 1.78. The molecule has 15 heavy (non-hydrogen) atoms. The first kappa shape index (κ1) is 12.6. The maximum absolute atomic E-state index is 11.5. The Kier molecular flexibility index (Phi) is 5.83. The minimum atomic E-state index is 0.0457. The summed E-state index contributed by atoms with van der Waals surface area (Å²) in [6, 6.07) is 3.68. The van der Waals surface area contributed by atoms with Crippen molar-refractivity contribution in [3.05, 3.63) is 33.5 Å². The van der Waals surface area contributed by atoms with E-state index < -0.39 is 0 Å². The predicted molar refractivity (Wildman–Crippen MR) is 66.6 cm³/mol. The van der Waals surface area contributed by atoms with Gasteiger partial charge in [0.1, 0.15) is 6.61 Å². The van der Waals surface area contributed by atoms with Gasteiger partial charge in [-0.25, -0.2) is 0 Å². The second-order valence-electron chi connectivity index (χ2n) is 3.01. The standard InChI is InChI=1S/C11H13BrO2S/c1-2-3-4-7-14-8-9(13)10-5-6-11(12)15-10/h2,5-6H,1,3-4,7-8H2. The molecule has 0 aliphatic heterocycles. The summed E-state index contributed by atoms with van der Waals surface area (Å²) in [4.78, 5) is 12.3. The smallest absolute Gasteiger partial charge is 0.198 e. The summed E-state index contributed by atoms with van der Waals surface area (Å²) in [5.41, 5.74) is 0. The average Bonchev–Trinajstić information content (AvgIpc) is 2.64. The van der Waals surface area contributed by atoms with Crippen LogP contribution in [-0.4, -0.2) is 19.0 Å². The monoisotopic (exact) mass is 288 g/mol. The molecule has 1 aromatic heterocycles. The number of carbonyl (C=O) groups is 1. The SMILES string of the molecule is C=CCCCOCC(=O)c1ccc(Br)s1. The molecule has 82 valence electrons. The van der Waals surface area contributed by atoms with Gasteiger partial charge in [0.15, 0.2) is 5.78 Å². The maximum Gasteiger partial charge on any atom is 0.198 e. The molecule has 4 heteroatoms. The van der Waals surface area contributed by atoms with E-state index in [0.717, 1.165) is 21.5 Å². The molecule has 0 aliphatic rings. The first-order valence-electron chi connectivity index (χ1n) is 4.71. The highest BCUT2D eigenvalue weighted by Gasteiger charge is 2.08. The highest BCUT2D eigenvalue weighted by molar-refractivity contribution is 9.11. The number of halogens is 1. The van der Waals surface area contributed by atoms with E-state index in [1.54, 1.807) is 0 Å². The number of allylic oxidation sites excluding steroid dienone is 1. The molecule has 0 atom stereocenters. The summed E-state index contributed by atoms with van der Waals surface area (Å²) in [6.07, 6.45) is 3.70. The van der Waals surface area contributed by atoms with Crippen LogP contribution in [-0.2, 0) is 4.74 Å². The Labute approximate surface area is 102 Å². The molecule has 0 spiro atoms. The molecular weight excluding hydrogens is 276 g/mol. The Balaban J connectivity index is 2.22. The molecule has 1 heterocycles. The van der Waals surface area contributed by atoms with Gasteiger partial charge in [-0.2, -0.15) is 0 Å². The molecule has 1 rings (SSSR count). The summed E-state index contributed by atoms with van der Waals surface area (Å²) in [5.74, 6) is 0.0457. The minimum absolute atomic E-state index is 0.0457. The third kappa shape index (κ3) is 4.73. The summed E-state index contributed by atoms with van der Waals surface area (Å²) < 4.78 is 6.23. The Morgan fingerprint density at radius 1 is 1.60 bits per heavy atom. The highest BCUT2D eigenvalue weighted by atomic mass is 79.9. The van der Waals surface area contributed by atoms with Gasteiger partial charge in [-0.1, -0.05) is 6.08 Å². The molecule has 2 nitrogen and oxygen atoms in total. The quantitative estimate of drug-likeness (QED) is 0.435. The molecule has 0 fully saturated rings. The lowest BCUT2D eigenvalue weighted by Gasteiger charge is -2.00. The van der Waals surface area contributed by atoms with E-state index in [1.165, 1.54) is 11.3 Å². The van der Waals surface area contributed by atoms with Crippen molar-refractivity contribution in [2.24, 2.45) is 0 Å². The highest BCUT2D eigenvalue weighted by Crippen LogP contribution is 2.22. The molecule has 0 radical (unpaired) electrons. The number of ketones is 1. The van der Waals surface area contributed by atoms with Gasteiger partial charge in [0.05, 0.1) is 8.66 Å². The zero-order chi connectivity index (χ0) is 11.1. The van der Waals surface area contributed by atoms with Crippen LogP contribution >= 0.6 is 27.3 Å². The van der Waals surface area contributed by atoms with Crippen LogP contribution < -0.4 is 0 Å². The van der Waals surface area contributed by atoms with E-state index in [1.807, 2.05) is 18.2 Å². The lowest BCUT2D eigenvalue weighted by atomic mass is 10.3. The van der Waals surface area contributed by atoms with E-state index in [9.17, 15) is 4.79 Å². The van der Waals surface area contributed by atoms with Crippen molar-refractivity contribution in [1.29, 1.82) is 0 Å². The Morgan fingerprint density at radius 3 is 3.00 bits per heavy atom. The molecule has 0 saturated heterocycles. The molecular formula is C11H13BrO2S. The summed E-state index contributed by atoms with van der Waals surface area (Å²) in [6.45, 7) is 4.40. The molecule has 0 amide bonds. The van der Waals surface area contributed by atoms with Crippen LogP contribution in [0.2, 0.25) is 0 Å². The fourth-order valence-corrected chi connectivity index (χ4v) is 2.34. The van der Waals surface area contributed by atoms with Gasteiger partial charge < -0.3 is 4.74 Å². The maximum atomic E-state index is 11.5. The minimum Gasteiger partial charge on any atom is -0.373 e. The summed E-state index contributed by atoms with van der Waals surface area (Å²) in [5, 5.41) is 0. The van der Waals surface area contributed by atoms with E-state index in [4.69, 9.17) is 4.74 Å². The fraction of sp³-hybridized carbons (Fsp3) is 0.364. The van der Waals surface area contributed by atoms with Gasteiger partial charge in [-0.05, 0) is 40.9 Å². The van der Waals surface area contributed by atoms with Crippen molar-refractivity contribution < 1.29 is 9.53 Å². The number of ether oxygens (including phenoxy) is 1. The molecule has 0 N–H and O–H groups in total. The topological polar surface area (TPSA) is 26.3 Å². The molecule has 0 unspecified atom stereocenters. The van der Waals surface area contributed by atoms with E-state index in [-0.39, 0.29) is 12.4 Å². The van der Waals surface area contributed by atoms with Crippen molar-refractivity contribution in [3.63, 3.8) is 0 Å². The zero-order valence-corrected chi connectivity index (χ0v) is 10.8. The number of hydrogen-bond donors (Lipinski definition) is 0. The van der Waals surface area contributed by atoms with E-state index in [2.05, 4.69) is 22.5 Å². The van der Waals surface area contributed by atoms with Gasteiger partial charge in [0, 0.05) is 6.61 Å². The normalized spacial score (nSPS) is 10.2. The van der Waals surface area contributed by atoms with Crippen molar-refractivity contribution >= 4 is 33.0 Å². The van der Waals surface area contributed by atoms with E-state index in [0.29, 0.717) is 6.61 Å². The molecule has 0 saturated carbocycles. The van der Waals surface area contributed by atoms with Crippen LogP contribution in [0.4, 0.5) is 0 Å². The number of carbonyl (C=O) groups excluding carboxylic acids is 1. The lowest BCUT2D eigenvalue weighted by molar-refractivity contribution is 0.0761. The number of unbranched alkanes of at least 4 members (excludes halogenated alkanes) is 1. The second-order valence-corrected chi connectivity index (χ2v) is 5.47. The van der Waals surface area contributed by atoms with Gasteiger partial charge in [0.2, 0.25) is 0 Å².